The number of hydrogen-bond donors (Lipinski definition) is 2. The maximum atomic E-state index is 10.0. The van der Waals surface area contributed by atoms with Crippen molar-refractivity contribution >= 4 is 0 Å². The summed E-state index contributed by atoms with van der Waals surface area (Å²) in [7, 11) is 0. The minimum atomic E-state index is -0.238. The fourth-order valence-corrected chi connectivity index (χ4v) is 4.71. The van der Waals surface area contributed by atoms with E-state index in [-0.39, 0.29) is 11.6 Å². The summed E-state index contributed by atoms with van der Waals surface area (Å²) in [5, 5.41) is 10.0. The molecule has 2 fully saturated rings. The van der Waals surface area contributed by atoms with E-state index in [1.54, 1.807) is 0 Å². The number of hydrogen-bond acceptors (Lipinski definition) is 3. The lowest BCUT2D eigenvalue weighted by Gasteiger charge is -2.29. The van der Waals surface area contributed by atoms with Crippen LogP contribution in [0, 0.1) is 17.8 Å². The van der Waals surface area contributed by atoms with Gasteiger partial charge in [0.2, 0.25) is 0 Å². The van der Waals surface area contributed by atoms with E-state index in [1.165, 1.54) is 19.3 Å². The van der Waals surface area contributed by atoms with Gasteiger partial charge in [0, 0.05) is 17.6 Å². The lowest BCUT2D eigenvalue weighted by molar-refractivity contribution is 0.0741. The Labute approximate surface area is 124 Å². The quantitative estimate of drug-likeness (QED) is 0.787. The molecule has 1 heterocycles. The number of nitrogens with zero attached hydrogens (tertiary/aromatic N) is 1. The van der Waals surface area contributed by atoms with E-state index in [9.17, 15) is 5.11 Å². The second-order valence-electron chi connectivity index (χ2n) is 7.65. The molecule has 2 rings (SSSR count). The zero-order valence-corrected chi connectivity index (χ0v) is 14.0. The van der Waals surface area contributed by atoms with Gasteiger partial charge in [-0.3, -0.25) is 4.90 Å². The third-order valence-corrected chi connectivity index (χ3v) is 6.05. The van der Waals surface area contributed by atoms with Crippen LogP contribution in [0.25, 0.3) is 0 Å². The third kappa shape index (κ3) is 2.77. The van der Waals surface area contributed by atoms with Crippen molar-refractivity contribution in [3.63, 3.8) is 0 Å². The maximum Gasteiger partial charge on any atom is 0.0667 e. The standard InChI is InChI=1S/C17H34N2O/c1-6-8-11(2)12(3)15-16(17(15,5)18)19-10-7-9-14(19)13(4)20/h11-16,20H,6-10,18H2,1-5H3. The molecule has 118 valence electrons. The first-order chi connectivity index (χ1) is 9.32. The normalized spacial score (nSPS) is 42.5. The highest BCUT2D eigenvalue weighted by molar-refractivity contribution is 5.22. The van der Waals surface area contributed by atoms with Gasteiger partial charge in [0.15, 0.2) is 0 Å². The molecule has 3 heteroatoms. The lowest BCUT2D eigenvalue weighted by atomic mass is 9.86. The Morgan fingerprint density at radius 3 is 2.55 bits per heavy atom. The summed E-state index contributed by atoms with van der Waals surface area (Å²) in [6.07, 6.45) is 4.63. The smallest absolute Gasteiger partial charge is 0.0667 e. The molecule has 1 aliphatic carbocycles. The van der Waals surface area contributed by atoms with E-state index in [1.807, 2.05) is 6.92 Å². The average molecular weight is 282 g/mol. The number of aliphatic hydroxyl groups excluding tert-OH is 1. The molecule has 1 aliphatic heterocycles. The first kappa shape index (κ1) is 16.3. The first-order valence-corrected chi connectivity index (χ1v) is 8.55. The molecule has 0 radical (unpaired) electrons. The summed E-state index contributed by atoms with van der Waals surface area (Å²) in [5.41, 5.74) is 6.54. The molecular weight excluding hydrogens is 248 g/mol. The second-order valence-corrected chi connectivity index (χ2v) is 7.65. The molecule has 0 spiro atoms. The van der Waals surface area contributed by atoms with Crippen LogP contribution in [0.1, 0.15) is 60.3 Å². The molecular formula is C17H34N2O. The van der Waals surface area contributed by atoms with E-state index < -0.39 is 0 Å². The Morgan fingerprint density at radius 1 is 1.35 bits per heavy atom. The van der Waals surface area contributed by atoms with Gasteiger partial charge in [0.25, 0.3) is 0 Å². The van der Waals surface area contributed by atoms with Crippen LogP contribution in [0.5, 0.6) is 0 Å². The highest BCUT2D eigenvalue weighted by atomic mass is 16.3. The van der Waals surface area contributed by atoms with E-state index >= 15 is 0 Å². The van der Waals surface area contributed by atoms with Crippen molar-refractivity contribution in [3.05, 3.63) is 0 Å². The van der Waals surface area contributed by atoms with Crippen LogP contribution in [0.4, 0.5) is 0 Å². The van der Waals surface area contributed by atoms with Gasteiger partial charge in [0.1, 0.15) is 0 Å². The molecule has 3 N–H and O–H groups in total. The predicted octanol–water partition coefficient (Wildman–Crippen LogP) is 2.62. The molecule has 20 heavy (non-hydrogen) atoms. The van der Waals surface area contributed by atoms with Crippen LogP contribution >= 0.6 is 0 Å². The Balaban J connectivity index is 2.06. The molecule has 0 aromatic carbocycles. The number of aliphatic hydroxyl groups is 1. The lowest BCUT2D eigenvalue weighted by Crippen LogP contribution is -2.43. The average Bonchev–Trinajstić information content (AvgIpc) is 2.76. The Bertz CT molecular complexity index is 329. The second kappa shape index (κ2) is 5.94. The van der Waals surface area contributed by atoms with Crippen molar-refractivity contribution < 1.29 is 5.11 Å². The maximum absolute atomic E-state index is 10.0. The molecule has 0 bridgehead atoms. The Hall–Kier alpha value is -0.120. The summed E-state index contributed by atoms with van der Waals surface area (Å²) in [4.78, 5) is 2.52. The number of rotatable bonds is 6. The van der Waals surface area contributed by atoms with Gasteiger partial charge in [-0.1, -0.05) is 33.6 Å². The van der Waals surface area contributed by atoms with Crippen LogP contribution in [-0.4, -0.2) is 40.3 Å². The summed E-state index contributed by atoms with van der Waals surface area (Å²) in [6, 6.07) is 0.792. The van der Waals surface area contributed by atoms with Gasteiger partial charge < -0.3 is 10.8 Å². The third-order valence-electron chi connectivity index (χ3n) is 6.05. The Kier molecular flexibility index (Phi) is 4.83. The highest BCUT2D eigenvalue weighted by Crippen LogP contribution is 2.54. The molecule has 0 aromatic rings. The summed E-state index contributed by atoms with van der Waals surface area (Å²) >= 11 is 0. The van der Waals surface area contributed by atoms with E-state index in [2.05, 4.69) is 32.6 Å². The molecule has 3 nitrogen and oxygen atoms in total. The van der Waals surface area contributed by atoms with Gasteiger partial charge in [-0.05, 0) is 51.0 Å². The molecule has 7 atom stereocenters. The monoisotopic (exact) mass is 282 g/mol. The molecule has 7 unspecified atom stereocenters. The molecule has 1 saturated heterocycles. The molecule has 0 aromatic heterocycles. The van der Waals surface area contributed by atoms with Crippen LogP contribution in [0.2, 0.25) is 0 Å². The SMILES string of the molecule is CCCC(C)C(C)C1C(N2CCCC2C(C)O)C1(C)N. The van der Waals surface area contributed by atoms with Crippen molar-refractivity contribution in [2.75, 3.05) is 6.54 Å². The van der Waals surface area contributed by atoms with E-state index in [4.69, 9.17) is 5.73 Å². The Morgan fingerprint density at radius 2 is 2.00 bits per heavy atom. The van der Waals surface area contributed by atoms with Crippen LogP contribution in [-0.2, 0) is 0 Å². The largest absolute Gasteiger partial charge is 0.392 e. The number of nitrogens with two attached hydrogens (primary N) is 1. The van der Waals surface area contributed by atoms with Crippen molar-refractivity contribution in [3.8, 4) is 0 Å². The van der Waals surface area contributed by atoms with E-state index in [0.29, 0.717) is 23.9 Å². The van der Waals surface area contributed by atoms with Gasteiger partial charge in [-0.2, -0.15) is 0 Å². The number of likely N-dealkylation sites (tertiary alicyclic amines) is 1. The highest BCUT2D eigenvalue weighted by Gasteiger charge is 2.65. The minimum absolute atomic E-state index is 0.0705. The van der Waals surface area contributed by atoms with Gasteiger partial charge >= 0.3 is 0 Å². The summed E-state index contributed by atoms with van der Waals surface area (Å²) in [6.45, 7) is 12.3. The molecule has 2 aliphatic rings. The fraction of sp³-hybridized carbons (Fsp3) is 1.00. The zero-order valence-electron chi connectivity index (χ0n) is 14.0. The summed E-state index contributed by atoms with van der Waals surface area (Å²) in [5.74, 6) is 2.00. The van der Waals surface area contributed by atoms with Crippen LogP contribution in [0.3, 0.4) is 0 Å². The van der Waals surface area contributed by atoms with Crippen molar-refractivity contribution in [2.45, 2.75) is 84.0 Å². The van der Waals surface area contributed by atoms with Crippen molar-refractivity contribution in [1.29, 1.82) is 0 Å². The topological polar surface area (TPSA) is 49.5 Å². The van der Waals surface area contributed by atoms with E-state index in [0.717, 1.165) is 18.9 Å². The fourth-order valence-electron chi connectivity index (χ4n) is 4.71. The van der Waals surface area contributed by atoms with Gasteiger partial charge in [0.05, 0.1) is 6.10 Å². The van der Waals surface area contributed by atoms with Crippen LogP contribution in [0.15, 0.2) is 0 Å². The van der Waals surface area contributed by atoms with Gasteiger partial charge in [-0.25, -0.2) is 0 Å². The van der Waals surface area contributed by atoms with Crippen molar-refractivity contribution in [2.24, 2.45) is 23.5 Å². The summed E-state index contributed by atoms with van der Waals surface area (Å²) < 4.78 is 0. The van der Waals surface area contributed by atoms with Gasteiger partial charge in [-0.15, -0.1) is 0 Å². The molecule has 1 saturated carbocycles. The van der Waals surface area contributed by atoms with Crippen LogP contribution < -0.4 is 5.73 Å². The zero-order chi connectivity index (χ0) is 15.1. The molecule has 0 amide bonds. The first-order valence-electron chi connectivity index (χ1n) is 8.55. The predicted molar refractivity (Wildman–Crippen MR) is 84.5 cm³/mol. The van der Waals surface area contributed by atoms with Crippen molar-refractivity contribution in [1.82, 2.24) is 4.90 Å². The minimum Gasteiger partial charge on any atom is -0.392 e.